The molecular weight excluding hydrogens is 453 g/mol. The summed E-state index contributed by atoms with van der Waals surface area (Å²) >= 11 is 12.2. The number of benzene rings is 2. The van der Waals surface area contributed by atoms with Crippen LogP contribution < -0.4 is 10.6 Å². The van der Waals surface area contributed by atoms with Crippen LogP contribution in [-0.4, -0.2) is 35.5 Å². The fraction of sp³-hybridized carbons (Fsp3) is 0.519. The molecule has 0 spiro atoms. The Labute approximate surface area is 207 Å². The van der Waals surface area contributed by atoms with Gasteiger partial charge in [0.1, 0.15) is 5.54 Å². The van der Waals surface area contributed by atoms with Crippen molar-refractivity contribution >= 4 is 29.1 Å². The summed E-state index contributed by atoms with van der Waals surface area (Å²) in [6, 6.07) is 16.8. The highest BCUT2D eigenvalue weighted by molar-refractivity contribution is 6.42. The van der Waals surface area contributed by atoms with E-state index >= 15 is 0 Å². The van der Waals surface area contributed by atoms with Gasteiger partial charge in [-0.05, 0) is 53.9 Å². The van der Waals surface area contributed by atoms with Crippen LogP contribution in [0.15, 0.2) is 48.5 Å². The van der Waals surface area contributed by atoms with Crippen molar-refractivity contribution in [2.75, 3.05) is 13.1 Å². The molecule has 176 valence electrons. The zero-order valence-electron chi connectivity index (χ0n) is 19.4. The molecule has 5 atom stereocenters. The van der Waals surface area contributed by atoms with E-state index in [1.807, 2.05) is 12.1 Å². The first-order chi connectivity index (χ1) is 15.9. The summed E-state index contributed by atoms with van der Waals surface area (Å²) in [4.78, 5) is 16.5. The van der Waals surface area contributed by atoms with Crippen LogP contribution in [0, 0.1) is 23.7 Å². The average Bonchev–Trinajstić information content (AvgIpc) is 3.10. The smallest absolute Gasteiger partial charge is 0.240 e. The van der Waals surface area contributed by atoms with E-state index in [1.54, 1.807) is 6.07 Å². The number of hydrogen-bond donors (Lipinski definition) is 2. The highest BCUT2D eigenvalue weighted by atomic mass is 35.5. The van der Waals surface area contributed by atoms with Gasteiger partial charge >= 0.3 is 0 Å². The topological polar surface area (TPSA) is 44.4 Å². The lowest BCUT2D eigenvalue weighted by molar-refractivity contribution is -0.139. The number of carbonyl (C=O) groups excluding carboxylic acids is 1. The summed E-state index contributed by atoms with van der Waals surface area (Å²) in [6.07, 6.45) is 1.97. The van der Waals surface area contributed by atoms with Crippen molar-refractivity contribution in [2.45, 2.75) is 51.4 Å². The van der Waals surface area contributed by atoms with Gasteiger partial charge in [-0.3, -0.25) is 9.69 Å². The van der Waals surface area contributed by atoms with Crippen molar-refractivity contribution in [3.05, 3.63) is 69.7 Å². The number of nitrogens with zero attached hydrogens (tertiary/aromatic N) is 1. The molecule has 33 heavy (non-hydrogen) atoms. The molecule has 1 saturated carbocycles. The van der Waals surface area contributed by atoms with Gasteiger partial charge in [-0.1, -0.05) is 73.4 Å². The van der Waals surface area contributed by atoms with Gasteiger partial charge in [0.2, 0.25) is 5.91 Å². The minimum Gasteiger partial charge on any atom is -0.350 e. The summed E-state index contributed by atoms with van der Waals surface area (Å²) < 4.78 is 0. The molecule has 3 heterocycles. The molecule has 4 aliphatic rings. The van der Waals surface area contributed by atoms with Crippen molar-refractivity contribution in [1.82, 2.24) is 15.5 Å². The third-order valence-corrected chi connectivity index (χ3v) is 8.75. The summed E-state index contributed by atoms with van der Waals surface area (Å²) in [6.45, 7) is 7.99. The molecule has 3 aliphatic heterocycles. The van der Waals surface area contributed by atoms with Gasteiger partial charge in [-0.15, -0.1) is 0 Å². The van der Waals surface area contributed by atoms with Gasteiger partial charge < -0.3 is 10.6 Å². The summed E-state index contributed by atoms with van der Waals surface area (Å²) in [5.41, 5.74) is 1.82. The molecule has 2 aromatic carbocycles. The van der Waals surface area contributed by atoms with E-state index in [1.165, 1.54) is 5.56 Å². The lowest BCUT2D eigenvalue weighted by Gasteiger charge is -2.56. The molecule has 2 aromatic rings. The minimum absolute atomic E-state index is 0.133. The number of piperidine rings is 2. The number of halogens is 2. The van der Waals surface area contributed by atoms with Crippen LogP contribution in [0.1, 0.15) is 37.8 Å². The number of hydrogen-bond acceptors (Lipinski definition) is 3. The molecule has 4 fully saturated rings. The Balaban J connectivity index is 1.38. The second-order valence-electron chi connectivity index (χ2n) is 10.6. The van der Waals surface area contributed by atoms with Gasteiger partial charge in [-0.25, -0.2) is 0 Å². The van der Waals surface area contributed by atoms with E-state index < -0.39 is 5.54 Å². The lowest BCUT2D eigenvalue weighted by atomic mass is 9.57. The average molecular weight is 486 g/mol. The molecule has 3 saturated heterocycles. The largest absolute Gasteiger partial charge is 0.350 e. The Hall–Kier alpha value is -1.59. The van der Waals surface area contributed by atoms with Crippen molar-refractivity contribution in [3.8, 4) is 0 Å². The number of fused-ring (bicyclic) bond motifs is 1. The van der Waals surface area contributed by atoms with Crippen LogP contribution in [0.5, 0.6) is 0 Å². The Morgan fingerprint density at radius 3 is 2.67 bits per heavy atom. The predicted molar refractivity (Wildman–Crippen MR) is 134 cm³/mol. The normalized spacial score (nSPS) is 30.7. The predicted octanol–water partition coefficient (Wildman–Crippen LogP) is 5.13. The van der Waals surface area contributed by atoms with Crippen LogP contribution in [0.25, 0.3) is 0 Å². The number of amides is 1. The highest BCUT2D eigenvalue weighted by Gasteiger charge is 2.64. The molecule has 0 radical (unpaired) electrons. The van der Waals surface area contributed by atoms with E-state index in [4.69, 9.17) is 23.2 Å². The first-order valence-electron chi connectivity index (χ1n) is 12.1. The zero-order chi connectivity index (χ0) is 23.2. The number of nitrogens with one attached hydrogen (secondary N) is 2. The number of rotatable bonds is 7. The summed E-state index contributed by atoms with van der Waals surface area (Å²) in [5, 5.41) is 8.04. The molecule has 1 aliphatic carbocycles. The Morgan fingerprint density at radius 1 is 1.15 bits per heavy atom. The van der Waals surface area contributed by atoms with Crippen molar-refractivity contribution < 1.29 is 4.79 Å². The molecular formula is C27H33Cl2N3O. The molecule has 4 bridgehead atoms. The van der Waals surface area contributed by atoms with Crippen molar-refractivity contribution in [3.63, 3.8) is 0 Å². The standard InChI is InChI=1S/C27H33Cl2N3O/c1-17(2)10-22-25-21-14-31-27(22,26(33)30-13-19-8-9-23(28)24(29)11-19)12-20(21)16-32(25)15-18-6-4-3-5-7-18/h3-9,11,17,20-22,25,31H,10,12-16H2,1-2H3,(H,30,33)/t20-,21-,22-,25+,27+/m1/s1. The number of carbonyl (C=O) groups is 1. The minimum atomic E-state index is -0.504. The molecule has 4 nitrogen and oxygen atoms in total. The molecule has 1 amide bonds. The van der Waals surface area contributed by atoms with Gasteiger partial charge in [0, 0.05) is 38.1 Å². The Kier molecular flexibility index (Phi) is 6.47. The van der Waals surface area contributed by atoms with Crippen LogP contribution in [0.3, 0.4) is 0 Å². The second kappa shape index (κ2) is 9.22. The van der Waals surface area contributed by atoms with E-state index in [-0.39, 0.29) is 5.91 Å². The van der Waals surface area contributed by atoms with E-state index in [0.717, 1.165) is 38.0 Å². The van der Waals surface area contributed by atoms with Crippen LogP contribution in [0.4, 0.5) is 0 Å². The van der Waals surface area contributed by atoms with Gasteiger partial charge in [0.05, 0.1) is 10.0 Å². The third kappa shape index (κ3) is 4.32. The number of likely N-dealkylation sites (tertiary alicyclic amines) is 1. The maximum absolute atomic E-state index is 13.8. The van der Waals surface area contributed by atoms with Crippen molar-refractivity contribution in [1.29, 1.82) is 0 Å². The maximum atomic E-state index is 13.8. The second-order valence-corrected chi connectivity index (χ2v) is 11.4. The highest BCUT2D eigenvalue weighted by Crippen LogP contribution is 2.54. The SMILES string of the molecule is CC(C)C[C@@H]1[C@@H]2[C@@H]3CN[C@@]1(C(=O)NCc1ccc(Cl)c(Cl)c1)C[C@@H]3CN2Cc1ccccc1. The van der Waals surface area contributed by atoms with Crippen molar-refractivity contribution in [2.24, 2.45) is 23.7 Å². The van der Waals surface area contributed by atoms with E-state index in [2.05, 4.69) is 59.7 Å². The quantitative estimate of drug-likeness (QED) is 0.570. The van der Waals surface area contributed by atoms with Gasteiger partial charge in [0.25, 0.3) is 0 Å². The van der Waals surface area contributed by atoms with Gasteiger partial charge in [0.15, 0.2) is 0 Å². The van der Waals surface area contributed by atoms with Crippen LogP contribution in [-0.2, 0) is 17.9 Å². The van der Waals surface area contributed by atoms with Crippen LogP contribution >= 0.6 is 23.2 Å². The molecule has 6 rings (SSSR count). The van der Waals surface area contributed by atoms with Gasteiger partial charge in [-0.2, -0.15) is 0 Å². The molecule has 0 aromatic heterocycles. The van der Waals surface area contributed by atoms with E-state index in [0.29, 0.717) is 46.3 Å². The Bertz CT molecular complexity index is 1010. The first kappa shape index (κ1) is 23.2. The third-order valence-electron chi connectivity index (χ3n) is 8.01. The van der Waals surface area contributed by atoms with E-state index in [9.17, 15) is 4.79 Å². The fourth-order valence-corrected chi connectivity index (χ4v) is 7.01. The molecule has 0 unspecified atom stereocenters. The molecule has 6 heteroatoms. The Morgan fingerprint density at radius 2 is 1.94 bits per heavy atom. The first-order valence-corrected chi connectivity index (χ1v) is 12.9. The monoisotopic (exact) mass is 485 g/mol. The zero-order valence-corrected chi connectivity index (χ0v) is 20.9. The fourth-order valence-electron chi connectivity index (χ4n) is 6.69. The molecule has 2 N–H and O–H groups in total. The lowest BCUT2D eigenvalue weighted by Crippen LogP contribution is -2.74. The summed E-state index contributed by atoms with van der Waals surface area (Å²) in [5.74, 6) is 2.16. The van der Waals surface area contributed by atoms with Crippen LogP contribution in [0.2, 0.25) is 10.0 Å². The summed E-state index contributed by atoms with van der Waals surface area (Å²) in [7, 11) is 0. The maximum Gasteiger partial charge on any atom is 0.240 e.